The maximum atomic E-state index is 9.20. The molecule has 0 unspecified atom stereocenters. The van der Waals surface area contributed by atoms with Gasteiger partial charge in [0, 0.05) is 19.7 Å². The molecule has 7 nitrogen and oxygen atoms in total. The summed E-state index contributed by atoms with van der Waals surface area (Å²) in [6.07, 6.45) is 3.08. The molecule has 142 valence electrons. The summed E-state index contributed by atoms with van der Waals surface area (Å²) in [6, 6.07) is 8.13. The van der Waals surface area contributed by atoms with Crippen molar-refractivity contribution in [2.45, 2.75) is 26.2 Å². The van der Waals surface area contributed by atoms with Crippen molar-refractivity contribution in [3.8, 4) is 17.2 Å². The topological polar surface area (TPSA) is 83.7 Å². The molecule has 1 aliphatic heterocycles. The second-order valence-electron chi connectivity index (χ2n) is 6.65. The molecular formula is C19H28N4O3. The maximum absolute atomic E-state index is 9.20. The summed E-state index contributed by atoms with van der Waals surface area (Å²) in [5, 5.41) is 20.6. The largest absolute Gasteiger partial charge is 0.493 e. The molecule has 26 heavy (non-hydrogen) atoms. The lowest BCUT2D eigenvalue weighted by atomic mass is 9.98. The highest BCUT2D eigenvalue weighted by atomic mass is 16.5. The van der Waals surface area contributed by atoms with Crippen LogP contribution in [0.4, 0.5) is 6.01 Å². The number of anilines is 1. The molecule has 1 fully saturated rings. The number of hydrogen-bond acceptors (Lipinski definition) is 7. The standard InChI is InChI=1S/C19H28N4O3/c1-2-13-25-17-6-4-3-5-16(17)18-21-22-19(26-18)20-9-12-23-10-7-15(14-24)8-11-23/h3-6,15,24H,2,7-14H2,1H3,(H,20,22). The molecule has 0 bridgehead atoms. The lowest BCUT2D eigenvalue weighted by Crippen LogP contribution is -2.37. The second-order valence-corrected chi connectivity index (χ2v) is 6.65. The molecule has 7 heteroatoms. The summed E-state index contributed by atoms with van der Waals surface area (Å²) in [6.45, 7) is 6.77. The minimum atomic E-state index is 0.306. The Bertz CT molecular complexity index is 668. The molecule has 1 saturated heterocycles. The fraction of sp³-hybridized carbons (Fsp3) is 0.579. The van der Waals surface area contributed by atoms with Gasteiger partial charge < -0.3 is 24.5 Å². The van der Waals surface area contributed by atoms with Crippen LogP contribution in [0, 0.1) is 5.92 Å². The van der Waals surface area contributed by atoms with Gasteiger partial charge in [0.25, 0.3) is 5.89 Å². The number of nitrogens with one attached hydrogen (secondary N) is 1. The van der Waals surface area contributed by atoms with Crippen molar-refractivity contribution in [2.75, 3.05) is 44.7 Å². The Labute approximate surface area is 154 Å². The number of benzene rings is 1. The molecule has 2 N–H and O–H groups in total. The zero-order valence-corrected chi connectivity index (χ0v) is 15.4. The number of piperidine rings is 1. The van der Waals surface area contributed by atoms with E-state index >= 15 is 0 Å². The van der Waals surface area contributed by atoms with Crippen molar-refractivity contribution >= 4 is 6.01 Å². The number of hydrogen-bond donors (Lipinski definition) is 2. The first-order valence-electron chi connectivity index (χ1n) is 9.43. The number of aromatic nitrogens is 2. The number of rotatable bonds is 9. The monoisotopic (exact) mass is 360 g/mol. The van der Waals surface area contributed by atoms with Gasteiger partial charge in [0.2, 0.25) is 0 Å². The predicted molar refractivity (Wildman–Crippen MR) is 100 cm³/mol. The molecule has 2 aromatic rings. The summed E-state index contributed by atoms with van der Waals surface area (Å²) in [7, 11) is 0. The van der Waals surface area contributed by atoms with E-state index in [9.17, 15) is 5.11 Å². The van der Waals surface area contributed by atoms with Gasteiger partial charge >= 0.3 is 6.01 Å². The molecule has 0 aliphatic carbocycles. The van der Waals surface area contributed by atoms with E-state index in [1.54, 1.807) is 0 Å². The average Bonchev–Trinajstić information content (AvgIpc) is 3.16. The fourth-order valence-corrected chi connectivity index (χ4v) is 3.10. The second kappa shape index (κ2) is 9.54. The summed E-state index contributed by atoms with van der Waals surface area (Å²) >= 11 is 0. The van der Waals surface area contributed by atoms with Crippen LogP contribution in [-0.2, 0) is 0 Å². The van der Waals surface area contributed by atoms with E-state index in [1.165, 1.54) is 0 Å². The van der Waals surface area contributed by atoms with E-state index in [-0.39, 0.29) is 0 Å². The third kappa shape index (κ3) is 4.95. The summed E-state index contributed by atoms with van der Waals surface area (Å²) in [4.78, 5) is 2.39. The van der Waals surface area contributed by atoms with Crippen LogP contribution in [0.2, 0.25) is 0 Å². The quantitative estimate of drug-likeness (QED) is 0.711. The Morgan fingerprint density at radius 1 is 1.27 bits per heavy atom. The minimum absolute atomic E-state index is 0.306. The van der Waals surface area contributed by atoms with Crippen molar-refractivity contribution in [1.82, 2.24) is 15.1 Å². The van der Waals surface area contributed by atoms with E-state index < -0.39 is 0 Å². The number of likely N-dealkylation sites (tertiary alicyclic amines) is 1. The molecule has 1 aromatic heterocycles. The number of aliphatic hydroxyl groups is 1. The number of para-hydroxylation sites is 1. The van der Waals surface area contributed by atoms with Gasteiger partial charge in [0.15, 0.2) is 0 Å². The molecule has 0 saturated carbocycles. The smallest absolute Gasteiger partial charge is 0.315 e. The molecule has 1 aliphatic rings. The van der Waals surface area contributed by atoms with Gasteiger partial charge in [-0.25, -0.2) is 0 Å². The maximum Gasteiger partial charge on any atom is 0.315 e. The Morgan fingerprint density at radius 3 is 2.85 bits per heavy atom. The van der Waals surface area contributed by atoms with Crippen LogP contribution >= 0.6 is 0 Å². The Morgan fingerprint density at radius 2 is 2.08 bits per heavy atom. The van der Waals surface area contributed by atoms with Crippen LogP contribution in [0.1, 0.15) is 26.2 Å². The first-order chi connectivity index (χ1) is 12.8. The van der Waals surface area contributed by atoms with Crippen molar-refractivity contribution in [3.63, 3.8) is 0 Å². The van der Waals surface area contributed by atoms with Crippen LogP contribution in [0.5, 0.6) is 5.75 Å². The van der Waals surface area contributed by atoms with Crippen LogP contribution in [0.15, 0.2) is 28.7 Å². The SMILES string of the molecule is CCCOc1ccccc1-c1nnc(NCCN2CCC(CO)CC2)o1. The van der Waals surface area contributed by atoms with Crippen LogP contribution in [-0.4, -0.2) is 59.6 Å². The van der Waals surface area contributed by atoms with Gasteiger partial charge in [-0.1, -0.05) is 24.2 Å². The molecule has 0 amide bonds. The highest BCUT2D eigenvalue weighted by Gasteiger charge is 2.18. The minimum Gasteiger partial charge on any atom is -0.493 e. The first kappa shape index (κ1) is 18.7. The fourth-order valence-electron chi connectivity index (χ4n) is 3.10. The van der Waals surface area contributed by atoms with E-state index in [0.29, 0.717) is 31.0 Å². The van der Waals surface area contributed by atoms with Gasteiger partial charge in [0.05, 0.1) is 12.2 Å². The Balaban J connectivity index is 1.51. The Hall–Kier alpha value is -2.12. The normalized spacial score (nSPS) is 15.9. The summed E-state index contributed by atoms with van der Waals surface area (Å²) < 4.78 is 11.5. The molecule has 2 heterocycles. The van der Waals surface area contributed by atoms with Crippen LogP contribution < -0.4 is 10.1 Å². The van der Waals surface area contributed by atoms with E-state index in [1.807, 2.05) is 24.3 Å². The number of aliphatic hydroxyl groups excluding tert-OH is 1. The van der Waals surface area contributed by atoms with Gasteiger partial charge in [0.1, 0.15) is 5.75 Å². The molecule has 1 aromatic carbocycles. The molecule has 0 radical (unpaired) electrons. The molecule has 3 rings (SSSR count). The van der Waals surface area contributed by atoms with Crippen LogP contribution in [0.25, 0.3) is 11.5 Å². The molecule has 0 spiro atoms. The van der Waals surface area contributed by atoms with Crippen molar-refractivity contribution in [1.29, 1.82) is 0 Å². The van der Waals surface area contributed by atoms with E-state index in [4.69, 9.17) is 9.15 Å². The van der Waals surface area contributed by atoms with Gasteiger partial charge in [-0.05, 0) is 50.4 Å². The highest BCUT2D eigenvalue weighted by molar-refractivity contribution is 5.62. The summed E-state index contributed by atoms with van der Waals surface area (Å²) in [5.74, 6) is 1.69. The lowest BCUT2D eigenvalue weighted by molar-refractivity contribution is 0.134. The van der Waals surface area contributed by atoms with E-state index in [0.717, 1.165) is 56.8 Å². The van der Waals surface area contributed by atoms with E-state index in [2.05, 4.69) is 27.3 Å². The van der Waals surface area contributed by atoms with Gasteiger partial charge in [-0.3, -0.25) is 0 Å². The molecular weight excluding hydrogens is 332 g/mol. The lowest BCUT2D eigenvalue weighted by Gasteiger charge is -2.30. The Kier molecular flexibility index (Phi) is 6.85. The van der Waals surface area contributed by atoms with Crippen molar-refractivity contribution in [3.05, 3.63) is 24.3 Å². The third-order valence-electron chi connectivity index (χ3n) is 4.67. The average molecular weight is 360 g/mol. The van der Waals surface area contributed by atoms with Crippen LogP contribution in [0.3, 0.4) is 0 Å². The highest BCUT2D eigenvalue weighted by Crippen LogP contribution is 2.29. The van der Waals surface area contributed by atoms with Gasteiger partial charge in [-0.2, -0.15) is 0 Å². The van der Waals surface area contributed by atoms with Gasteiger partial charge in [-0.15, -0.1) is 5.10 Å². The zero-order chi connectivity index (χ0) is 18.2. The predicted octanol–water partition coefficient (Wildman–Crippen LogP) is 2.64. The zero-order valence-electron chi connectivity index (χ0n) is 15.4. The van der Waals surface area contributed by atoms with Crippen molar-refractivity contribution < 1.29 is 14.3 Å². The number of ether oxygens (including phenoxy) is 1. The summed E-state index contributed by atoms with van der Waals surface area (Å²) in [5.41, 5.74) is 0.813. The molecule has 0 atom stereocenters. The third-order valence-corrected chi connectivity index (χ3v) is 4.67. The number of nitrogens with zero attached hydrogens (tertiary/aromatic N) is 3. The van der Waals surface area contributed by atoms with Crippen molar-refractivity contribution in [2.24, 2.45) is 5.92 Å². The first-order valence-corrected chi connectivity index (χ1v) is 9.43.